The van der Waals surface area contributed by atoms with Gasteiger partial charge in [-0.2, -0.15) is 0 Å². The molecule has 248 valence electrons. The Bertz CT molecular complexity index is 3190. The molecule has 0 aliphatic carbocycles. The Kier molecular flexibility index (Phi) is 6.76. The number of hydrogen-bond acceptors (Lipinski definition) is 3. The standard InChI is InChI=1S/C50H31NOS/c1-2-13-32(14-3-1)44-30-34(25-27-38(44)42-21-12-22-43-40-19-8-10-23-47(40)52-50(42)43)51(35-26-28-49-45(31-35)41-20-9-11-24-48(41)53-49)46-29-33-15-4-5-16-36(33)37-17-6-7-18-39(37)46/h1-31H. The number of fused-ring (bicyclic) bond motifs is 9. The van der Waals surface area contributed by atoms with Gasteiger partial charge in [-0.15, -0.1) is 11.3 Å². The van der Waals surface area contributed by atoms with Gasteiger partial charge in [0, 0.05) is 53.3 Å². The van der Waals surface area contributed by atoms with Gasteiger partial charge in [-0.25, -0.2) is 0 Å². The van der Waals surface area contributed by atoms with E-state index in [2.05, 4.69) is 187 Å². The van der Waals surface area contributed by atoms with Gasteiger partial charge in [0.2, 0.25) is 0 Å². The molecule has 0 aliphatic heterocycles. The van der Waals surface area contributed by atoms with Gasteiger partial charge in [0.1, 0.15) is 11.2 Å². The zero-order valence-electron chi connectivity index (χ0n) is 28.7. The highest BCUT2D eigenvalue weighted by molar-refractivity contribution is 7.25. The Labute approximate surface area is 310 Å². The molecule has 11 rings (SSSR count). The fraction of sp³-hybridized carbons (Fsp3) is 0. The molecule has 0 saturated carbocycles. The van der Waals surface area contributed by atoms with Gasteiger partial charge in [-0.3, -0.25) is 0 Å². The van der Waals surface area contributed by atoms with Crippen LogP contribution in [0.3, 0.4) is 0 Å². The summed E-state index contributed by atoms with van der Waals surface area (Å²) < 4.78 is 9.19. The second-order valence-electron chi connectivity index (χ2n) is 13.7. The third kappa shape index (κ3) is 4.78. The molecule has 0 radical (unpaired) electrons. The van der Waals surface area contributed by atoms with E-state index in [0.717, 1.165) is 61.3 Å². The van der Waals surface area contributed by atoms with Crippen LogP contribution in [0.1, 0.15) is 0 Å². The van der Waals surface area contributed by atoms with E-state index in [0.29, 0.717) is 0 Å². The van der Waals surface area contributed by atoms with Crippen LogP contribution in [0.4, 0.5) is 17.1 Å². The number of hydrogen-bond donors (Lipinski definition) is 0. The Morgan fingerprint density at radius 3 is 1.92 bits per heavy atom. The molecule has 0 atom stereocenters. The normalized spacial score (nSPS) is 11.8. The maximum Gasteiger partial charge on any atom is 0.143 e. The average molecular weight is 694 g/mol. The summed E-state index contributed by atoms with van der Waals surface area (Å²) in [7, 11) is 0. The molecule has 0 aliphatic rings. The summed E-state index contributed by atoms with van der Waals surface area (Å²) in [5.74, 6) is 0. The van der Waals surface area contributed by atoms with Gasteiger partial charge in [0.15, 0.2) is 0 Å². The van der Waals surface area contributed by atoms with Crippen LogP contribution in [-0.4, -0.2) is 0 Å². The SMILES string of the molecule is c1ccc(-c2cc(N(c3ccc4sc5ccccc5c4c3)c3cc4ccccc4c4ccccc34)ccc2-c2cccc3c2oc2ccccc23)cc1. The fourth-order valence-corrected chi connectivity index (χ4v) is 9.31. The second-order valence-corrected chi connectivity index (χ2v) is 14.7. The van der Waals surface area contributed by atoms with E-state index in [1.165, 1.54) is 41.7 Å². The second kappa shape index (κ2) is 11.9. The minimum atomic E-state index is 0.901. The minimum Gasteiger partial charge on any atom is -0.455 e. The molecule has 11 aromatic rings. The quantitative estimate of drug-likeness (QED) is 0.167. The van der Waals surface area contributed by atoms with Crippen LogP contribution >= 0.6 is 11.3 Å². The van der Waals surface area contributed by atoms with Crippen molar-refractivity contribution in [2.75, 3.05) is 4.90 Å². The van der Waals surface area contributed by atoms with Gasteiger partial charge in [-0.1, -0.05) is 140 Å². The lowest BCUT2D eigenvalue weighted by molar-refractivity contribution is 0.670. The number of benzene rings is 9. The number of anilines is 3. The molecule has 0 amide bonds. The van der Waals surface area contributed by atoms with E-state index in [9.17, 15) is 0 Å². The third-order valence-corrected chi connectivity index (χ3v) is 11.8. The molecule has 0 bridgehead atoms. The number of nitrogens with zero attached hydrogens (tertiary/aromatic N) is 1. The van der Waals surface area contributed by atoms with Crippen molar-refractivity contribution in [3.8, 4) is 22.3 Å². The zero-order valence-corrected chi connectivity index (χ0v) is 29.5. The first-order valence-electron chi connectivity index (χ1n) is 18.0. The topological polar surface area (TPSA) is 16.4 Å². The van der Waals surface area contributed by atoms with Crippen LogP contribution in [0.2, 0.25) is 0 Å². The van der Waals surface area contributed by atoms with Crippen LogP contribution in [0.15, 0.2) is 192 Å². The first-order valence-corrected chi connectivity index (χ1v) is 18.8. The lowest BCUT2D eigenvalue weighted by atomic mass is 9.92. The lowest BCUT2D eigenvalue weighted by Gasteiger charge is -2.29. The highest BCUT2D eigenvalue weighted by atomic mass is 32.1. The molecule has 53 heavy (non-hydrogen) atoms. The third-order valence-electron chi connectivity index (χ3n) is 10.6. The molecule has 2 nitrogen and oxygen atoms in total. The summed E-state index contributed by atoms with van der Waals surface area (Å²) in [4.78, 5) is 2.46. The van der Waals surface area contributed by atoms with Gasteiger partial charge in [-0.05, 0) is 81.4 Å². The number of rotatable bonds is 5. The molecular weight excluding hydrogens is 663 g/mol. The Morgan fingerprint density at radius 2 is 1.04 bits per heavy atom. The number of para-hydroxylation sites is 2. The van der Waals surface area contributed by atoms with Crippen molar-refractivity contribution in [3.05, 3.63) is 188 Å². The van der Waals surface area contributed by atoms with Crippen LogP contribution in [-0.2, 0) is 0 Å². The Hall–Kier alpha value is -6.68. The van der Waals surface area contributed by atoms with Crippen molar-refractivity contribution in [1.29, 1.82) is 0 Å². The zero-order chi connectivity index (χ0) is 34.9. The molecule has 0 spiro atoms. The molecule has 9 aromatic carbocycles. The maximum absolute atomic E-state index is 6.59. The molecule has 3 heteroatoms. The van der Waals surface area contributed by atoms with Crippen LogP contribution in [0, 0.1) is 0 Å². The van der Waals surface area contributed by atoms with Gasteiger partial charge < -0.3 is 9.32 Å². The van der Waals surface area contributed by atoms with Crippen LogP contribution in [0.25, 0.3) is 85.9 Å². The molecule has 0 fully saturated rings. The predicted octanol–water partition coefficient (Wildman–Crippen LogP) is 15.1. The highest BCUT2D eigenvalue weighted by Crippen LogP contribution is 2.47. The first kappa shape index (κ1) is 30.0. The number of furan rings is 1. The van der Waals surface area contributed by atoms with Crippen molar-refractivity contribution in [1.82, 2.24) is 0 Å². The summed E-state index contributed by atoms with van der Waals surface area (Å²) in [6, 6.07) is 68.1. The minimum absolute atomic E-state index is 0.901. The predicted molar refractivity (Wildman–Crippen MR) is 227 cm³/mol. The van der Waals surface area contributed by atoms with Crippen LogP contribution in [0.5, 0.6) is 0 Å². The fourth-order valence-electron chi connectivity index (χ4n) is 8.22. The summed E-state index contributed by atoms with van der Waals surface area (Å²) in [6.07, 6.45) is 0. The van der Waals surface area contributed by atoms with Crippen LogP contribution < -0.4 is 4.90 Å². The highest BCUT2D eigenvalue weighted by Gasteiger charge is 2.22. The van der Waals surface area contributed by atoms with Crippen molar-refractivity contribution in [2.24, 2.45) is 0 Å². The lowest BCUT2D eigenvalue weighted by Crippen LogP contribution is -2.11. The Balaban J connectivity index is 1.21. The summed E-state index contributed by atoms with van der Waals surface area (Å²) in [6.45, 7) is 0. The van der Waals surface area contributed by atoms with Gasteiger partial charge in [0.05, 0.1) is 5.69 Å². The average Bonchev–Trinajstić information content (AvgIpc) is 3.80. The summed E-state index contributed by atoms with van der Waals surface area (Å²) in [5.41, 5.74) is 9.67. The number of thiophene rings is 1. The molecule has 0 saturated heterocycles. The van der Waals surface area contributed by atoms with E-state index in [1.54, 1.807) is 0 Å². The van der Waals surface area contributed by atoms with E-state index in [1.807, 2.05) is 17.4 Å². The molecule has 0 N–H and O–H groups in total. The maximum atomic E-state index is 6.59. The van der Waals surface area contributed by atoms with Crippen molar-refractivity contribution in [3.63, 3.8) is 0 Å². The summed E-state index contributed by atoms with van der Waals surface area (Å²) >= 11 is 1.85. The van der Waals surface area contributed by atoms with Gasteiger partial charge >= 0.3 is 0 Å². The molecule has 2 aromatic heterocycles. The molecule has 0 unspecified atom stereocenters. The first-order chi connectivity index (χ1) is 26.3. The van der Waals surface area contributed by atoms with Crippen molar-refractivity contribution >= 4 is 92.1 Å². The Morgan fingerprint density at radius 1 is 0.377 bits per heavy atom. The van der Waals surface area contributed by atoms with E-state index >= 15 is 0 Å². The van der Waals surface area contributed by atoms with Crippen molar-refractivity contribution in [2.45, 2.75) is 0 Å². The monoisotopic (exact) mass is 693 g/mol. The van der Waals surface area contributed by atoms with Gasteiger partial charge in [0.25, 0.3) is 0 Å². The molecular formula is C50H31NOS. The van der Waals surface area contributed by atoms with E-state index < -0.39 is 0 Å². The van der Waals surface area contributed by atoms with E-state index in [-0.39, 0.29) is 0 Å². The largest absolute Gasteiger partial charge is 0.455 e. The smallest absolute Gasteiger partial charge is 0.143 e. The summed E-state index contributed by atoms with van der Waals surface area (Å²) in [5, 5.41) is 9.74. The van der Waals surface area contributed by atoms with E-state index in [4.69, 9.17) is 4.42 Å². The van der Waals surface area contributed by atoms with Crippen molar-refractivity contribution < 1.29 is 4.42 Å². The molecule has 2 heterocycles.